The van der Waals surface area contributed by atoms with Gasteiger partial charge in [-0.15, -0.1) is 0 Å². The fourth-order valence-electron chi connectivity index (χ4n) is 1.49. The van der Waals surface area contributed by atoms with Crippen molar-refractivity contribution in [2.45, 2.75) is 25.3 Å². The first-order valence-corrected chi connectivity index (χ1v) is 5.34. The first-order chi connectivity index (χ1) is 7.65. The van der Waals surface area contributed by atoms with Crippen LogP contribution in [0.4, 0.5) is 8.78 Å². The van der Waals surface area contributed by atoms with Gasteiger partial charge in [0.2, 0.25) is 0 Å². The van der Waals surface area contributed by atoms with Crippen molar-refractivity contribution in [3.63, 3.8) is 0 Å². The van der Waals surface area contributed by atoms with Crippen molar-refractivity contribution in [3.05, 3.63) is 35.4 Å². The summed E-state index contributed by atoms with van der Waals surface area (Å²) in [6.45, 7) is 0.309. The van der Waals surface area contributed by atoms with Crippen LogP contribution in [-0.4, -0.2) is 18.4 Å². The largest absolute Gasteiger partial charge is 0.307 e. The first kappa shape index (κ1) is 11.2. The predicted molar refractivity (Wildman–Crippen MR) is 56.1 cm³/mol. The molecule has 0 radical (unpaired) electrons. The Hall–Kier alpha value is -1.29. The molecule has 1 fully saturated rings. The molecule has 86 valence electrons. The minimum Gasteiger partial charge on any atom is -0.307 e. The van der Waals surface area contributed by atoms with Crippen LogP contribution in [-0.2, 0) is 11.2 Å². The molecule has 0 bridgehead atoms. The molecule has 16 heavy (non-hydrogen) atoms. The number of ketones is 1. The predicted octanol–water partition coefficient (Wildman–Crippen LogP) is 1.83. The Balaban J connectivity index is 1.86. The van der Waals surface area contributed by atoms with Gasteiger partial charge in [-0.25, -0.2) is 8.78 Å². The van der Waals surface area contributed by atoms with Crippen molar-refractivity contribution in [2.75, 3.05) is 6.54 Å². The number of rotatable bonds is 5. The third-order valence-electron chi connectivity index (χ3n) is 2.55. The molecule has 0 heterocycles. The molecule has 1 N–H and O–H groups in total. The number of carbonyl (C=O) groups excluding carboxylic acids is 1. The molecule has 0 unspecified atom stereocenters. The molecular formula is C12H13F2NO. The van der Waals surface area contributed by atoms with Gasteiger partial charge in [0.1, 0.15) is 0 Å². The van der Waals surface area contributed by atoms with E-state index >= 15 is 0 Å². The summed E-state index contributed by atoms with van der Waals surface area (Å²) in [6, 6.07) is 4.04. The first-order valence-electron chi connectivity index (χ1n) is 5.34. The van der Waals surface area contributed by atoms with Gasteiger partial charge in [0, 0.05) is 12.5 Å². The summed E-state index contributed by atoms with van der Waals surface area (Å²) in [5.74, 6) is -1.79. The second-order valence-electron chi connectivity index (χ2n) is 4.12. The molecule has 0 saturated heterocycles. The van der Waals surface area contributed by atoms with Gasteiger partial charge >= 0.3 is 0 Å². The van der Waals surface area contributed by atoms with Gasteiger partial charge in [0.15, 0.2) is 17.4 Å². The van der Waals surface area contributed by atoms with Crippen molar-refractivity contribution < 1.29 is 13.6 Å². The maximum Gasteiger partial charge on any atom is 0.159 e. The topological polar surface area (TPSA) is 29.1 Å². The molecule has 0 aliphatic heterocycles. The maximum absolute atomic E-state index is 12.9. The molecule has 2 nitrogen and oxygen atoms in total. The van der Waals surface area contributed by atoms with E-state index in [-0.39, 0.29) is 12.2 Å². The maximum atomic E-state index is 12.9. The number of hydrogen-bond acceptors (Lipinski definition) is 2. The molecule has 1 saturated carbocycles. The fourth-order valence-corrected chi connectivity index (χ4v) is 1.49. The second-order valence-corrected chi connectivity index (χ2v) is 4.12. The van der Waals surface area contributed by atoms with E-state index in [0.717, 1.165) is 25.0 Å². The molecule has 1 aliphatic carbocycles. The summed E-state index contributed by atoms with van der Waals surface area (Å²) in [5.41, 5.74) is 0.515. The monoisotopic (exact) mass is 225 g/mol. The van der Waals surface area contributed by atoms with Crippen molar-refractivity contribution in [1.82, 2.24) is 5.32 Å². The highest BCUT2D eigenvalue weighted by Crippen LogP contribution is 2.18. The van der Waals surface area contributed by atoms with E-state index in [2.05, 4.69) is 5.32 Å². The molecule has 0 aromatic heterocycles. The Morgan fingerprint density at radius 1 is 1.31 bits per heavy atom. The summed E-state index contributed by atoms with van der Waals surface area (Å²) in [6.07, 6.45) is 2.40. The lowest BCUT2D eigenvalue weighted by Crippen LogP contribution is -2.25. The van der Waals surface area contributed by atoms with E-state index in [0.29, 0.717) is 18.2 Å². The normalized spacial score (nSPS) is 15.1. The highest BCUT2D eigenvalue weighted by molar-refractivity contribution is 5.82. The van der Waals surface area contributed by atoms with Crippen LogP contribution in [0, 0.1) is 11.6 Å². The van der Waals surface area contributed by atoms with Gasteiger partial charge in [-0.1, -0.05) is 6.07 Å². The van der Waals surface area contributed by atoms with Crippen LogP contribution in [0.1, 0.15) is 18.4 Å². The minimum absolute atomic E-state index is 0.00194. The van der Waals surface area contributed by atoms with Crippen molar-refractivity contribution in [3.8, 4) is 0 Å². The Morgan fingerprint density at radius 2 is 2.06 bits per heavy atom. The van der Waals surface area contributed by atoms with Crippen LogP contribution in [0.25, 0.3) is 0 Å². The summed E-state index contributed by atoms with van der Waals surface area (Å²) >= 11 is 0. The quantitative estimate of drug-likeness (QED) is 0.828. The van der Waals surface area contributed by atoms with Crippen LogP contribution >= 0.6 is 0 Å². The SMILES string of the molecule is O=C(CNC1CC1)Cc1ccc(F)c(F)c1. The van der Waals surface area contributed by atoms with Crippen molar-refractivity contribution in [1.29, 1.82) is 0 Å². The number of hydrogen-bond donors (Lipinski definition) is 1. The second kappa shape index (κ2) is 4.70. The number of nitrogens with one attached hydrogen (secondary N) is 1. The average Bonchev–Trinajstić information content (AvgIpc) is 3.04. The van der Waals surface area contributed by atoms with E-state index < -0.39 is 11.6 Å². The molecule has 1 aromatic carbocycles. The van der Waals surface area contributed by atoms with E-state index in [4.69, 9.17) is 0 Å². The average molecular weight is 225 g/mol. The Bertz CT molecular complexity index is 402. The highest BCUT2D eigenvalue weighted by atomic mass is 19.2. The molecule has 0 amide bonds. The lowest BCUT2D eigenvalue weighted by atomic mass is 10.1. The van der Waals surface area contributed by atoms with Gasteiger partial charge in [-0.05, 0) is 30.5 Å². The number of Topliss-reactive ketones (excluding diaryl/α,β-unsaturated/α-hetero) is 1. The van der Waals surface area contributed by atoms with Crippen molar-refractivity contribution >= 4 is 5.78 Å². The lowest BCUT2D eigenvalue weighted by molar-refractivity contribution is -0.117. The van der Waals surface area contributed by atoms with Crippen molar-refractivity contribution in [2.24, 2.45) is 0 Å². The van der Waals surface area contributed by atoms with Crippen LogP contribution < -0.4 is 5.32 Å². The number of halogens is 2. The Labute approximate surface area is 92.7 Å². The molecule has 0 spiro atoms. The standard InChI is InChI=1S/C12H13F2NO/c13-11-4-1-8(6-12(11)14)5-10(16)7-15-9-2-3-9/h1,4,6,9,15H,2-3,5,7H2. The molecule has 1 aromatic rings. The summed E-state index contributed by atoms with van der Waals surface area (Å²) in [7, 11) is 0. The molecular weight excluding hydrogens is 212 g/mol. The van der Waals surface area contributed by atoms with E-state index in [1.165, 1.54) is 6.07 Å². The lowest BCUT2D eigenvalue weighted by Gasteiger charge is -2.03. The van der Waals surface area contributed by atoms with Crippen LogP contribution in [0.15, 0.2) is 18.2 Å². The molecule has 4 heteroatoms. The third kappa shape index (κ3) is 3.10. The van der Waals surface area contributed by atoms with Gasteiger partial charge in [0.05, 0.1) is 6.54 Å². The molecule has 2 rings (SSSR count). The highest BCUT2D eigenvalue weighted by Gasteiger charge is 2.21. The zero-order valence-corrected chi connectivity index (χ0v) is 8.80. The van der Waals surface area contributed by atoms with Gasteiger partial charge < -0.3 is 5.32 Å². The van der Waals surface area contributed by atoms with Gasteiger partial charge in [-0.2, -0.15) is 0 Å². The van der Waals surface area contributed by atoms with Crippen LogP contribution in [0.3, 0.4) is 0 Å². The van der Waals surface area contributed by atoms with E-state index in [9.17, 15) is 13.6 Å². The zero-order chi connectivity index (χ0) is 11.5. The third-order valence-corrected chi connectivity index (χ3v) is 2.55. The Morgan fingerprint density at radius 3 is 2.69 bits per heavy atom. The van der Waals surface area contributed by atoms with E-state index in [1.54, 1.807) is 0 Å². The van der Waals surface area contributed by atoms with Gasteiger partial charge in [0.25, 0.3) is 0 Å². The summed E-state index contributed by atoms with van der Waals surface area (Å²) in [4.78, 5) is 11.5. The molecule has 0 atom stereocenters. The van der Waals surface area contributed by atoms with Gasteiger partial charge in [-0.3, -0.25) is 4.79 Å². The Kier molecular flexibility index (Phi) is 3.29. The minimum atomic E-state index is -0.902. The number of benzene rings is 1. The molecule has 1 aliphatic rings. The zero-order valence-electron chi connectivity index (χ0n) is 8.80. The number of carbonyl (C=O) groups is 1. The van der Waals surface area contributed by atoms with E-state index in [1.807, 2.05) is 0 Å². The summed E-state index contributed by atoms with van der Waals surface area (Å²) < 4.78 is 25.5. The van der Waals surface area contributed by atoms with Crippen LogP contribution in [0.2, 0.25) is 0 Å². The van der Waals surface area contributed by atoms with Crippen LogP contribution in [0.5, 0.6) is 0 Å². The fraction of sp³-hybridized carbons (Fsp3) is 0.417. The smallest absolute Gasteiger partial charge is 0.159 e. The summed E-state index contributed by atoms with van der Waals surface area (Å²) in [5, 5.41) is 3.09.